The van der Waals surface area contributed by atoms with Crippen LogP contribution in [0.4, 0.5) is 11.4 Å². The Hall–Kier alpha value is -2.01. The molecule has 0 fully saturated rings. The summed E-state index contributed by atoms with van der Waals surface area (Å²) in [6.07, 6.45) is 13.0. The Morgan fingerprint density at radius 3 is 1.74 bits per heavy atom. The fourth-order valence-electron chi connectivity index (χ4n) is 3.36. The molecule has 1 amide bonds. The van der Waals surface area contributed by atoms with Gasteiger partial charge in [0.15, 0.2) is 0 Å². The van der Waals surface area contributed by atoms with Gasteiger partial charge in [0.25, 0.3) is 5.91 Å². The van der Waals surface area contributed by atoms with Crippen molar-refractivity contribution >= 4 is 33.2 Å². The van der Waals surface area contributed by atoms with Crippen molar-refractivity contribution in [1.29, 1.82) is 0 Å². The largest absolute Gasteiger partial charge is 0.352 e. The first kappa shape index (κ1) is 25.3. The van der Waals surface area contributed by atoms with Gasteiger partial charge in [-0.25, -0.2) is 0 Å². The molecule has 0 heterocycles. The number of halogens is 1. The predicted octanol–water partition coefficient (Wildman–Crippen LogP) is 8.65. The van der Waals surface area contributed by atoms with Gasteiger partial charge < -0.3 is 5.32 Å². The minimum atomic E-state index is -0.0234. The van der Waals surface area contributed by atoms with Crippen molar-refractivity contribution < 1.29 is 4.79 Å². The lowest BCUT2D eigenvalue weighted by atomic mass is 10.1. The van der Waals surface area contributed by atoms with Gasteiger partial charge in [0.05, 0.1) is 11.4 Å². The zero-order chi connectivity index (χ0) is 22.2. The number of benzene rings is 2. The van der Waals surface area contributed by atoms with Crippen molar-refractivity contribution in [3.05, 3.63) is 59.7 Å². The van der Waals surface area contributed by atoms with Gasteiger partial charge in [0.1, 0.15) is 0 Å². The average Bonchev–Trinajstić information content (AvgIpc) is 2.81. The Morgan fingerprint density at radius 2 is 1.23 bits per heavy atom. The molecule has 0 saturated carbocycles. The van der Waals surface area contributed by atoms with Gasteiger partial charge in [0, 0.05) is 17.4 Å². The molecule has 0 bridgehead atoms. The van der Waals surface area contributed by atoms with Crippen LogP contribution < -0.4 is 5.32 Å². The fourth-order valence-corrected chi connectivity index (χ4v) is 3.74. The number of rotatable bonds is 15. The summed E-state index contributed by atoms with van der Waals surface area (Å²) in [6.45, 7) is 2.99. The van der Waals surface area contributed by atoms with E-state index in [-0.39, 0.29) is 5.91 Å². The molecule has 0 spiro atoms. The number of hydrogen-bond acceptors (Lipinski definition) is 3. The molecule has 2 aromatic rings. The zero-order valence-electron chi connectivity index (χ0n) is 18.8. The van der Waals surface area contributed by atoms with Gasteiger partial charge in [-0.15, -0.1) is 0 Å². The SMILES string of the molecule is CCCCCCCCCCCCNC(=O)c1ccc(N=Nc2ccc(CBr)cc2)cc1. The first-order valence-electron chi connectivity index (χ1n) is 11.7. The standard InChI is InChI=1S/C26H36BrN3O/c1-2-3-4-5-6-7-8-9-10-11-20-28-26(31)23-14-18-25(19-15-23)30-29-24-16-12-22(21-27)13-17-24/h12-19H,2-11,20-21H2,1H3,(H,28,31). The first-order valence-corrected chi connectivity index (χ1v) is 12.8. The van der Waals surface area contributed by atoms with E-state index in [4.69, 9.17) is 0 Å². The molecule has 0 radical (unpaired) electrons. The third-order valence-corrected chi connectivity index (χ3v) is 5.96. The van der Waals surface area contributed by atoms with Gasteiger partial charge in [-0.1, -0.05) is 92.8 Å². The Bertz CT molecular complexity index is 772. The number of alkyl halides is 1. The molecule has 0 aromatic heterocycles. The van der Waals surface area contributed by atoms with E-state index in [2.05, 4.69) is 38.4 Å². The summed E-state index contributed by atoms with van der Waals surface area (Å²) in [4.78, 5) is 12.3. The van der Waals surface area contributed by atoms with Gasteiger partial charge in [0.2, 0.25) is 0 Å². The Labute approximate surface area is 196 Å². The van der Waals surface area contributed by atoms with Crippen LogP contribution in [0.1, 0.15) is 87.1 Å². The van der Waals surface area contributed by atoms with E-state index < -0.39 is 0 Å². The lowest BCUT2D eigenvalue weighted by molar-refractivity contribution is 0.0953. The second-order valence-corrected chi connectivity index (χ2v) is 8.55. The highest BCUT2D eigenvalue weighted by molar-refractivity contribution is 9.08. The second-order valence-electron chi connectivity index (χ2n) is 7.98. The van der Waals surface area contributed by atoms with Gasteiger partial charge in [-0.05, 0) is 48.4 Å². The van der Waals surface area contributed by atoms with E-state index in [0.29, 0.717) is 5.56 Å². The molecule has 168 valence electrons. The van der Waals surface area contributed by atoms with Crippen molar-refractivity contribution in [2.24, 2.45) is 10.2 Å². The number of unbranched alkanes of at least 4 members (excludes halogenated alkanes) is 9. The van der Waals surface area contributed by atoms with Gasteiger partial charge in [-0.3, -0.25) is 4.79 Å². The van der Waals surface area contributed by atoms with Crippen LogP contribution in [0.25, 0.3) is 0 Å². The summed E-state index contributed by atoms with van der Waals surface area (Å²) < 4.78 is 0. The number of carbonyl (C=O) groups is 1. The molecule has 31 heavy (non-hydrogen) atoms. The summed E-state index contributed by atoms with van der Waals surface area (Å²) in [7, 11) is 0. The maximum atomic E-state index is 12.3. The van der Waals surface area contributed by atoms with Crippen LogP contribution in [-0.2, 0) is 5.33 Å². The highest BCUT2D eigenvalue weighted by Gasteiger charge is 2.04. The molecule has 0 saturated heterocycles. The summed E-state index contributed by atoms with van der Waals surface area (Å²) in [5.74, 6) is -0.0234. The van der Waals surface area contributed by atoms with Crippen molar-refractivity contribution in [3.63, 3.8) is 0 Å². The third kappa shape index (κ3) is 10.7. The maximum absolute atomic E-state index is 12.3. The van der Waals surface area contributed by atoms with Crippen molar-refractivity contribution in [2.45, 2.75) is 76.5 Å². The minimum Gasteiger partial charge on any atom is -0.352 e. The van der Waals surface area contributed by atoms with Crippen LogP contribution in [0.5, 0.6) is 0 Å². The monoisotopic (exact) mass is 485 g/mol. The summed E-state index contributed by atoms with van der Waals surface area (Å²) in [5, 5.41) is 12.3. The third-order valence-electron chi connectivity index (χ3n) is 5.32. The normalized spacial score (nSPS) is 11.2. The molecule has 0 aliphatic rings. The van der Waals surface area contributed by atoms with Crippen molar-refractivity contribution in [3.8, 4) is 0 Å². The molecular weight excluding hydrogens is 450 g/mol. The molecule has 0 aliphatic carbocycles. The van der Waals surface area contributed by atoms with Crippen LogP contribution in [0.15, 0.2) is 58.8 Å². The quantitative estimate of drug-likeness (QED) is 0.153. The molecule has 2 rings (SSSR count). The topological polar surface area (TPSA) is 53.8 Å². The second kappa shape index (κ2) is 15.7. The molecule has 0 atom stereocenters. The number of azo groups is 1. The number of nitrogens with one attached hydrogen (secondary N) is 1. The Morgan fingerprint density at radius 1 is 0.742 bits per heavy atom. The van der Waals surface area contributed by atoms with E-state index in [1.54, 1.807) is 12.1 Å². The van der Waals surface area contributed by atoms with Crippen molar-refractivity contribution in [1.82, 2.24) is 5.32 Å². The minimum absolute atomic E-state index is 0.0234. The van der Waals surface area contributed by atoms with Crippen LogP contribution in [-0.4, -0.2) is 12.5 Å². The van der Waals surface area contributed by atoms with E-state index >= 15 is 0 Å². The van der Waals surface area contributed by atoms with E-state index in [0.717, 1.165) is 29.7 Å². The summed E-state index contributed by atoms with van der Waals surface area (Å²) in [6, 6.07) is 15.2. The van der Waals surface area contributed by atoms with E-state index in [1.165, 1.54) is 63.4 Å². The molecular formula is C26H36BrN3O. The predicted molar refractivity (Wildman–Crippen MR) is 134 cm³/mol. The van der Waals surface area contributed by atoms with Gasteiger partial charge >= 0.3 is 0 Å². The van der Waals surface area contributed by atoms with Crippen LogP contribution >= 0.6 is 15.9 Å². The first-order chi connectivity index (χ1) is 15.2. The molecule has 2 aromatic carbocycles. The van der Waals surface area contributed by atoms with Crippen LogP contribution in [0.2, 0.25) is 0 Å². The number of carbonyl (C=O) groups excluding carboxylic acids is 1. The molecule has 1 N–H and O–H groups in total. The summed E-state index contributed by atoms with van der Waals surface area (Å²) in [5.41, 5.74) is 3.40. The maximum Gasteiger partial charge on any atom is 0.251 e. The zero-order valence-corrected chi connectivity index (χ0v) is 20.4. The molecule has 0 unspecified atom stereocenters. The van der Waals surface area contributed by atoms with Crippen molar-refractivity contribution in [2.75, 3.05) is 6.54 Å². The lowest BCUT2D eigenvalue weighted by Gasteiger charge is -2.06. The van der Waals surface area contributed by atoms with Crippen LogP contribution in [0.3, 0.4) is 0 Å². The molecule has 0 aliphatic heterocycles. The Kier molecular flexibility index (Phi) is 12.8. The van der Waals surface area contributed by atoms with Gasteiger partial charge in [-0.2, -0.15) is 10.2 Å². The smallest absolute Gasteiger partial charge is 0.251 e. The summed E-state index contributed by atoms with van der Waals surface area (Å²) >= 11 is 3.43. The highest BCUT2D eigenvalue weighted by atomic mass is 79.9. The number of amides is 1. The average molecular weight is 486 g/mol. The fraction of sp³-hybridized carbons (Fsp3) is 0.500. The molecule has 4 nitrogen and oxygen atoms in total. The van der Waals surface area contributed by atoms with E-state index in [9.17, 15) is 4.79 Å². The van der Waals surface area contributed by atoms with Crippen LogP contribution in [0, 0.1) is 0 Å². The highest BCUT2D eigenvalue weighted by Crippen LogP contribution is 2.20. The Balaban J connectivity index is 1.60. The number of hydrogen-bond donors (Lipinski definition) is 1. The van der Waals surface area contributed by atoms with E-state index in [1.807, 2.05) is 36.4 Å². The molecule has 5 heteroatoms. The lowest BCUT2D eigenvalue weighted by Crippen LogP contribution is -2.24. The number of nitrogens with zero attached hydrogens (tertiary/aromatic N) is 2.